The number of ether oxygens (including phenoxy) is 1. The highest BCUT2D eigenvalue weighted by Gasteiger charge is 2.26. The molecule has 3 rings (SSSR count). The molecular weight excluding hydrogens is 381 g/mol. The molecule has 1 atom stereocenters. The molecule has 0 amide bonds. The van der Waals surface area contributed by atoms with Crippen LogP contribution in [0.1, 0.15) is 30.9 Å². The lowest BCUT2D eigenvalue weighted by molar-refractivity contribution is -0.140. The number of benzodiazepines with no additional fused rings is 1. The number of halogens is 2. The Hall–Kier alpha value is -2.73. The van der Waals surface area contributed by atoms with Crippen LogP contribution in [0.15, 0.2) is 52.4 Å². The highest BCUT2D eigenvalue weighted by atomic mass is 35.5. The van der Waals surface area contributed by atoms with E-state index < -0.39 is 6.04 Å². The van der Waals surface area contributed by atoms with Gasteiger partial charge in [-0.2, -0.15) is 0 Å². The molecule has 0 aliphatic carbocycles. The number of nitrogens with one attached hydrogen (secondary N) is 1. The third-order valence-corrected chi connectivity index (χ3v) is 4.64. The fourth-order valence-electron chi connectivity index (χ4n) is 3.07. The summed E-state index contributed by atoms with van der Waals surface area (Å²) in [5, 5.41) is 3.82. The summed E-state index contributed by atoms with van der Waals surface area (Å²) < 4.78 is 19.4. The summed E-state index contributed by atoms with van der Waals surface area (Å²) in [5.74, 6) is -0.0839. The molecule has 0 saturated heterocycles. The molecule has 0 unspecified atom stereocenters. The van der Waals surface area contributed by atoms with E-state index in [9.17, 15) is 9.18 Å². The molecule has 146 valence electrons. The molecule has 1 aliphatic rings. The van der Waals surface area contributed by atoms with E-state index in [1.807, 2.05) is 13.0 Å². The molecule has 5 nitrogen and oxygen atoms in total. The first kappa shape index (κ1) is 20.0. The van der Waals surface area contributed by atoms with Gasteiger partial charge >= 0.3 is 5.97 Å². The predicted molar refractivity (Wildman–Crippen MR) is 110 cm³/mol. The molecule has 0 saturated carbocycles. The summed E-state index contributed by atoms with van der Waals surface area (Å²) >= 11 is 6.21. The number of hydrogen-bond donors (Lipinski definition) is 1. The van der Waals surface area contributed by atoms with Gasteiger partial charge in [0.15, 0.2) is 0 Å². The van der Waals surface area contributed by atoms with E-state index >= 15 is 0 Å². The van der Waals surface area contributed by atoms with Gasteiger partial charge in [-0.3, -0.25) is 14.8 Å². The monoisotopic (exact) mass is 401 g/mol. The Kier molecular flexibility index (Phi) is 6.41. The third kappa shape index (κ3) is 4.39. The summed E-state index contributed by atoms with van der Waals surface area (Å²) in [6, 6.07) is 11.3. The van der Waals surface area contributed by atoms with Gasteiger partial charge < -0.3 is 10.1 Å². The van der Waals surface area contributed by atoms with Crippen LogP contribution >= 0.6 is 11.6 Å². The standard InChI is InChI=1S/C21H21ClFN3O2/c1-3-24-21-18(10-11-19(27)28-2)25-20(14-6-4-5-7-16(14)23)15-12-13(22)8-9-17(15)26-21/h4-9,12,18H,3,10-11H2,1-2H3,(H,24,26)/t18-/m0/s1. The van der Waals surface area contributed by atoms with E-state index in [1.54, 1.807) is 30.3 Å². The second-order valence-electron chi connectivity index (χ2n) is 6.26. The SMILES string of the molecule is CCN=C1Nc2ccc(Cl)cc2C(c2ccccc2F)=N[C@H]1CCC(=O)OC. The Labute approximate surface area is 168 Å². The van der Waals surface area contributed by atoms with Gasteiger partial charge in [-0.25, -0.2) is 4.39 Å². The van der Waals surface area contributed by atoms with Crippen molar-refractivity contribution in [2.45, 2.75) is 25.8 Å². The smallest absolute Gasteiger partial charge is 0.305 e. The number of esters is 1. The van der Waals surface area contributed by atoms with Crippen LogP contribution in [0, 0.1) is 5.82 Å². The number of amidine groups is 1. The van der Waals surface area contributed by atoms with E-state index in [1.165, 1.54) is 13.2 Å². The largest absolute Gasteiger partial charge is 0.469 e. The zero-order valence-corrected chi connectivity index (χ0v) is 16.5. The van der Waals surface area contributed by atoms with Crippen molar-refractivity contribution >= 4 is 34.8 Å². The number of methoxy groups -OCH3 is 1. The van der Waals surface area contributed by atoms with Crippen molar-refractivity contribution in [3.8, 4) is 0 Å². The first-order chi connectivity index (χ1) is 13.5. The highest BCUT2D eigenvalue weighted by molar-refractivity contribution is 6.32. The maximum atomic E-state index is 14.6. The molecule has 2 aromatic carbocycles. The molecule has 0 radical (unpaired) electrons. The summed E-state index contributed by atoms with van der Waals surface area (Å²) in [6.45, 7) is 2.46. The van der Waals surface area contributed by atoms with Crippen LogP contribution in [-0.2, 0) is 9.53 Å². The Morgan fingerprint density at radius 1 is 1.29 bits per heavy atom. The van der Waals surface area contributed by atoms with Gasteiger partial charge in [-0.1, -0.05) is 23.7 Å². The number of carbonyl (C=O) groups excluding carboxylic acids is 1. The number of rotatable bonds is 5. The minimum atomic E-state index is -0.445. The predicted octanol–water partition coefficient (Wildman–Crippen LogP) is 4.48. The van der Waals surface area contributed by atoms with Crippen LogP contribution in [0.5, 0.6) is 0 Å². The summed E-state index contributed by atoms with van der Waals surface area (Å²) in [4.78, 5) is 21.0. The zero-order chi connectivity index (χ0) is 20.1. The topological polar surface area (TPSA) is 63.0 Å². The van der Waals surface area contributed by atoms with E-state index in [0.717, 1.165) is 5.69 Å². The van der Waals surface area contributed by atoms with Crippen LogP contribution < -0.4 is 5.32 Å². The second-order valence-corrected chi connectivity index (χ2v) is 6.70. The lowest BCUT2D eigenvalue weighted by atomic mass is 10.00. The average molecular weight is 402 g/mol. The van der Waals surface area contributed by atoms with Crippen LogP contribution in [-0.4, -0.2) is 37.2 Å². The molecule has 1 heterocycles. The summed E-state index contributed by atoms with van der Waals surface area (Å²) in [6.07, 6.45) is 0.564. The quantitative estimate of drug-likeness (QED) is 0.751. The average Bonchev–Trinajstić information content (AvgIpc) is 2.83. The Morgan fingerprint density at radius 3 is 2.79 bits per heavy atom. The number of carbonyl (C=O) groups is 1. The van der Waals surface area contributed by atoms with Crippen molar-refractivity contribution in [3.05, 3.63) is 64.4 Å². The third-order valence-electron chi connectivity index (χ3n) is 4.41. The fourth-order valence-corrected chi connectivity index (χ4v) is 3.24. The van der Waals surface area contributed by atoms with Gasteiger partial charge in [0.2, 0.25) is 0 Å². The van der Waals surface area contributed by atoms with Crippen molar-refractivity contribution in [2.75, 3.05) is 19.0 Å². The van der Waals surface area contributed by atoms with Gasteiger partial charge in [0, 0.05) is 34.8 Å². The fraction of sp³-hybridized carbons (Fsp3) is 0.286. The van der Waals surface area contributed by atoms with Crippen LogP contribution in [0.3, 0.4) is 0 Å². The second kappa shape index (κ2) is 8.97. The number of fused-ring (bicyclic) bond motifs is 1. The van der Waals surface area contributed by atoms with Gasteiger partial charge in [-0.15, -0.1) is 0 Å². The van der Waals surface area contributed by atoms with E-state index in [-0.39, 0.29) is 18.2 Å². The molecule has 2 aromatic rings. The molecule has 7 heteroatoms. The molecule has 1 N–H and O–H groups in total. The minimum absolute atomic E-state index is 0.177. The van der Waals surface area contributed by atoms with Crippen molar-refractivity contribution in [2.24, 2.45) is 9.98 Å². The Morgan fingerprint density at radius 2 is 2.07 bits per heavy atom. The van der Waals surface area contributed by atoms with Crippen LogP contribution in [0.25, 0.3) is 0 Å². The van der Waals surface area contributed by atoms with Gasteiger partial charge in [-0.05, 0) is 43.7 Å². The summed E-state index contributed by atoms with van der Waals surface area (Å²) in [7, 11) is 1.35. The molecule has 0 aromatic heterocycles. The number of anilines is 1. The van der Waals surface area contributed by atoms with E-state index in [2.05, 4.69) is 10.3 Å². The van der Waals surface area contributed by atoms with Gasteiger partial charge in [0.25, 0.3) is 0 Å². The first-order valence-electron chi connectivity index (χ1n) is 9.04. The van der Waals surface area contributed by atoms with Crippen LogP contribution in [0.2, 0.25) is 5.02 Å². The molecule has 28 heavy (non-hydrogen) atoms. The van der Waals surface area contributed by atoms with Gasteiger partial charge in [0.05, 0.1) is 12.8 Å². The number of nitrogens with zero attached hydrogens (tertiary/aromatic N) is 2. The zero-order valence-electron chi connectivity index (χ0n) is 15.7. The van der Waals surface area contributed by atoms with Crippen molar-refractivity contribution in [1.29, 1.82) is 0 Å². The Bertz CT molecular complexity index is 943. The molecule has 0 fully saturated rings. The maximum Gasteiger partial charge on any atom is 0.305 e. The molecule has 0 spiro atoms. The number of hydrogen-bond acceptors (Lipinski definition) is 4. The van der Waals surface area contributed by atoms with Crippen molar-refractivity contribution in [1.82, 2.24) is 0 Å². The lowest BCUT2D eigenvalue weighted by Gasteiger charge is -2.15. The first-order valence-corrected chi connectivity index (χ1v) is 9.42. The molecule has 0 bridgehead atoms. The van der Waals surface area contributed by atoms with Gasteiger partial charge in [0.1, 0.15) is 17.7 Å². The normalized spacial score (nSPS) is 17.4. The number of aliphatic imine (C=N–C) groups is 2. The molecule has 1 aliphatic heterocycles. The summed E-state index contributed by atoms with van der Waals surface area (Å²) in [5.41, 5.74) is 2.26. The van der Waals surface area contributed by atoms with Crippen molar-refractivity contribution < 1.29 is 13.9 Å². The van der Waals surface area contributed by atoms with E-state index in [4.69, 9.17) is 21.3 Å². The minimum Gasteiger partial charge on any atom is -0.469 e. The van der Waals surface area contributed by atoms with Crippen molar-refractivity contribution in [3.63, 3.8) is 0 Å². The lowest BCUT2D eigenvalue weighted by Crippen LogP contribution is -2.27. The number of benzene rings is 2. The maximum absolute atomic E-state index is 14.6. The van der Waals surface area contributed by atoms with E-state index in [0.29, 0.717) is 40.7 Å². The molecular formula is C21H21ClFN3O2. The van der Waals surface area contributed by atoms with Crippen LogP contribution in [0.4, 0.5) is 10.1 Å². The highest BCUT2D eigenvalue weighted by Crippen LogP contribution is 2.29. The Balaban J connectivity index is 2.16.